The van der Waals surface area contributed by atoms with Crippen LogP contribution >= 0.6 is 0 Å². The van der Waals surface area contributed by atoms with Gasteiger partial charge in [0.2, 0.25) is 0 Å². The largest absolute Gasteiger partial charge is 0.412 e. The third kappa shape index (κ3) is 14.0. The van der Waals surface area contributed by atoms with Gasteiger partial charge in [0.1, 0.15) is 0 Å². The Morgan fingerprint density at radius 3 is 1.26 bits per heavy atom. The van der Waals surface area contributed by atoms with Crippen LogP contribution in [0, 0.1) is 0 Å². The molecule has 2 N–H and O–H groups in total. The van der Waals surface area contributed by atoms with Gasteiger partial charge in [0.25, 0.3) is 0 Å². The number of benzene rings is 1. The summed E-state index contributed by atoms with van der Waals surface area (Å²) in [7, 11) is 0. The van der Waals surface area contributed by atoms with E-state index in [2.05, 4.69) is 37.3 Å². The fourth-order valence-electron chi connectivity index (χ4n) is 7.77. The summed E-state index contributed by atoms with van der Waals surface area (Å²) in [5.41, 5.74) is 1.50. The smallest absolute Gasteiger partial charge is 0.0279 e. The fourth-order valence-corrected chi connectivity index (χ4v) is 22.7. The first kappa shape index (κ1) is 34.2. The normalized spacial score (nSPS) is 19.5. The van der Waals surface area contributed by atoms with Crippen molar-refractivity contribution in [1.82, 2.24) is 0 Å². The number of unbranched alkanes of at least 4 members (excludes halogenated alkanes) is 9. The van der Waals surface area contributed by atoms with E-state index in [9.17, 15) is 0 Å². The predicted octanol–water partition coefficient (Wildman–Crippen LogP) is 11.8. The van der Waals surface area contributed by atoms with Crippen LogP contribution in [-0.4, -0.2) is 25.2 Å². The SMILES string of the molecule is C1CC[CH]([Sn]([CH]2CCCCC2)[CH]2CCCCC2)CC1.CCCCCCCCCCCCc1ccccc1.O. The van der Waals surface area contributed by atoms with Crippen LogP contribution in [0.3, 0.4) is 0 Å². The molecule has 0 amide bonds. The minimum absolute atomic E-state index is 0. The summed E-state index contributed by atoms with van der Waals surface area (Å²) in [5, 5.41) is 0. The Hall–Kier alpha value is -0.0213. The number of rotatable bonds is 14. The fraction of sp³-hybridized carbons (Fsp3) is 0.833. The molecule has 2 heteroatoms. The van der Waals surface area contributed by atoms with Gasteiger partial charge in [-0.05, 0) is 18.4 Å². The van der Waals surface area contributed by atoms with Crippen molar-refractivity contribution in [3.63, 3.8) is 0 Å². The number of aryl methyl sites for hydroxylation is 1. The summed E-state index contributed by atoms with van der Waals surface area (Å²) in [4.78, 5) is 0. The minimum atomic E-state index is -1.15. The van der Waals surface area contributed by atoms with Crippen LogP contribution in [0.15, 0.2) is 30.3 Å². The van der Waals surface area contributed by atoms with E-state index in [1.54, 1.807) is 96.3 Å². The van der Waals surface area contributed by atoms with Crippen molar-refractivity contribution < 1.29 is 5.48 Å². The predicted molar refractivity (Wildman–Crippen MR) is 172 cm³/mol. The monoisotopic (exact) mass is 633 g/mol. The van der Waals surface area contributed by atoms with Gasteiger partial charge >= 0.3 is 128 Å². The second kappa shape index (κ2) is 22.6. The molecule has 1 nitrogen and oxygen atoms in total. The van der Waals surface area contributed by atoms with E-state index in [-0.39, 0.29) is 5.48 Å². The second-order valence-corrected chi connectivity index (χ2v) is 22.8. The van der Waals surface area contributed by atoms with Crippen LogP contribution in [0.4, 0.5) is 0 Å². The number of hydrogen-bond donors (Lipinski definition) is 0. The summed E-state index contributed by atoms with van der Waals surface area (Å²) < 4.78 is 3.96. The second-order valence-electron chi connectivity index (χ2n) is 12.9. The molecule has 3 saturated carbocycles. The molecule has 0 bridgehead atoms. The van der Waals surface area contributed by atoms with Gasteiger partial charge in [-0.25, -0.2) is 0 Å². The first-order valence-corrected chi connectivity index (χ1v) is 22.2. The Morgan fingerprint density at radius 2 is 0.868 bits per heavy atom. The molecule has 0 heterocycles. The van der Waals surface area contributed by atoms with Gasteiger partial charge in [-0.2, -0.15) is 0 Å². The van der Waals surface area contributed by atoms with E-state index in [4.69, 9.17) is 0 Å². The van der Waals surface area contributed by atoms with Crippen molar-refractivity contribution in [3.8, 4) is 0 Å². The molecule has 219 valence electrons. The molecule has 1 aromatic carbocycles. The Morgan fingerprint density at radius 1 is 0.500 bits per heavy atom. The van der Waals surface area contributed by atoms with E-state index >= 15 is 0 Å². The van der Waals surface area contributed by atoms with Gasteiger partial charge in [0.15, 0.2) is 0 Å². The Bertz CT molecular complexity index is 585. The first-order valence-electron chi connectivity index (χ1n) is 17.3. The average Bonchev–Trinajstić information content (AvgIpc) is 2.97. The van der Waals surface area contributed by atoms with Gasteiger partial charge in [-0.1, -0.05) is 95.0 Å². The summed E-state index contributed by atoms with van der Waals surface area (Å²) in [6.45, 7) is 2.28. The Balaban J connectivity index is 0.000000261. The quantitative estimate of drug-likeness (QED) is 0.144. The van der Waals surface area contributed by atoms with Crippen LogP contribution in [0.25, 0.3) is 0 Å². The summed E-state index contributed by atoms with van der Waals surface area (Å²) >= 11 is -1.15. The molecule has 38 heavy (non-hydrogen) atoms. The maximum absolute atomic E-state index is 2.28. The third-order valence-electron chi connectivity index (χ3n) is 9.89. The van der Waals surface area contributed by atoms with Crippen LogP contribution in [0.1, 0.15) is 173 Å². The zero-order valence-electron chi connectivity index (χ0n) is 25.5. The minimum Gasteiger partial charge on any atom is -0.412 e. The van der Waals surface area contributed by atoms with E-state index in [1.165, 1.54) is 88.0 Å². The van der Waals surface area contributed by atoms with E-state index in [0.717, 1.165) is 0 Å². The van der Waals surface area contributed by atoms with Crippen molar-refractivity contribution in [3.05, 3.63) is 35.9 Å². The molecule has 3 aliphatic rings. The van der Waals surface area contributed by atoms with Crippen LogP contribution in [0.2, 0.25) is 11.8 Å². The van der Waals surface area contributed by atoms with E-state index < -0.39 is 19.8 Å². The topological polar surface area (TPSA) is 31.5 Å². The molecule has 1 radical (unpaired) electrons. The Labute approximate surface area is 245 Å². The summed E-state index contributed by atoms with van der Waals surface area (Å²) in [6, 6.07) is 10.9. The van der Waals surface area contributed by atoms with E-state index in [1.807, 2.05) is 0 Å². The van der Waals surface area contributed by atoms with Crippen molar-refractivity contribution in [2.24, 2.45) is 0 Å². The van der Waals surface area contributed by atoms with Crippen molar-refractivity contribution in [2.75, 3.05) is 0 Å². The van der Waals surface area contributed by atoms with Crippen molar-refractivity contribution >= 4 is 19.8 Å². The molecular weight excluding hydrogens is 567 g/mol. The molecule has 3 aliphatic carbocycles. The summed E-state index contributed by atoms with van der Waals surface area (Å²) in [5.74, 6) is 0. The Kier molecular flexibility index (Phi) is 20.4. The molecule has 0 spiro atoms. The molecule has 4 rings (SSSR count). The zero-order valence-corrected chi connectivity index (χ0v) is 28.4. The molecule has 0 unspecified atom stereocenters. The third-order valence-corrected chi connectivity index (χ3v) is 22.9. The van der Waals surface area contributed by atoms with Crippen molar-refractivity contribution in [2.45, 2.75) is 186 Å². The van der Waals surface area contributed by atoms with Gasteiger partial charge < -0.3 is 5.48 Å². The maximum Gasteiger partial charge on any atom is -0.0279 e. The van der Waals surface area contributed by atoms with Crippen LogP contribution in [-0.2, 0) is 6.42 Å². The average molecular weight is 633 g/mol. The molecule has 1 aromatic rings. The molecule has 0 aromatic heterocycles. The van der Waals surface area contributed by atoms with Gasteiger partial charge in [-0.3, -0.25) is 0 Å². The summed E-state index contributed by atoms with van der Waals surface area (Å²) in [6.07, 6.45) is 39.7. The van der Waals surface area contributed by atoms with Gasteiger partial charge in [-0.15, -0.1) is 0 Å². The van der Waals surface area contributed by atoms with E-state index in [0.29, 0.717) is 0 Å². The van der Waals surface area contributed by atoms with Gasteiger partial charge in [0, 0.05) is 0 Å². The van der Waals surface area contributed by atoms with Gasteiger partial charge in [0.05, 0.1) is 0 Å². The number of hydrogen-bond acceptors (Lipinski definition) is 0. The molecule has 0 aliphatic heterocycles. The first-order chi connectivity index (χ1) is 18.4. The molecular formula is C36H65OSn. The van der Waals surface area contributed by atoms with Crippen molar-refractivity contribution in [1.29, 1.82) is 0 Å². The standard InChI is InChI=1S/C18H30.3C6H11.H2O.Sn/c1-2-3-4-5-6-7-8-9-10-12-15-18-16-13-11-14-17-18;3*1-2-4-6-5-3-1;;/h11,13-14,16-17H,2-10,12,15H2,1H3;3*1H,2-6H2;1H2;. The van der Waals surface area contributed by atoms with Crippen LogP contribution in [0.5, 0.6) is 0 Å². The molecule has 0 atom stereocenters. The maximum atomic E-state index is 2.28. The van der Waals surface area contributed by atoms with Crippen LogP contribution < -0.4 is 0 Å². The molecule has 0 saturated heterocycles. The zero-order chi connectivity index (χ0) is 25.8. The molecule has 3 fully saturated rings.